The van der Waals surface area contributed by atoms with Crippen molar-refractivity contribution < 1.29 is 13.9 Å². The number of nitrogens with one attached hydrogen (secondary N) is 2. The van der Waals surface area contributed by atoms with Crippen LogP contribution in [0.4, 0.5) is 4.39 Å². The lowest BCUT2D eigenvalue weighted by molar-refractivity contribution is -0.0172. The van der Waals surface area contributed by atoms with Gasteiger partial charge in [-0.2, -0.15) is 0 Å². The molecular formula is C21H34FIN4O2. The molecule has 1 atom stereocenters. The fraction of sp³-hybridized carbons (Fsp3) is 0.667. The van der Waals surface area contributed by atoms with E-state index >= 15 is 0 Å². The van der Waals surface area contributed by atoms with Crippen molar-refractivity contribution in [2.45, 2.75) is 51.7 Å². The van der Waals surface area contributed by atoms with Gasteiger partial charge in [-0.05, 0) is 49.9 Å². The topological polar surface area (TPSA) is 58.1 Å². The van der Waals surface area contributed by atoms with Crippen LogP contribution in [-0.4, -0.2) is 56.9 Å². The van der Waals surface area contributed by atoms with Crippen molar-refractivity contribution in [2.24, 2.45) is 4.99 Å². The first-order valence-corrected chi connectivity index (χ1v) is 10.4. The van der Waals surface area contributed by atoms with Gasteiger partial charge >= 0.3 is 0 Å². The molecule has 1 unspecified atom stereocenters. The van der Waals surface area contributed by atoms with E-state index in [0.717, 1.165) is 35.9 Å². The molecule has 0 amide bonds. The molecule has 0 aromatic heterocycles. The first kappa shape index (κ1) is 24.1. The van der Waals surface area contributed by atoms with Gasteiger partial charge in [0.1, 0.15) is 11.6 Å². The van der Waals surface area contributed by atoms with Gasteiger partial charge in [0.2, 0.25) is 0 Å². The molecule has 0 bridgehead atoms. The van der Waals surface area contributed by atoms with Crippen molar-refractivity contribution in [1.29, 1.82) is 0 Å². The van der Waals surface area contributed by atoms with Crippen molar-refractivity contribution in [3.63, 3.8) is 0 Å². The number of likely N-dealkylation sites (tertiary alicyclic amines) is 1. The Morgan fingerprint density at radius 2 is 2.10 bits per heavy atom. The third-order valence-electron chi connectivity index (χ3n) is 5.57. The van der Waals surface area contributed by atoms with Gasteiger partial charge in [-0.25, -0.2) is 4.39 Å². The van der Waals surface area contributed by atoms with Crippen molar-refractivity contribution in [3.05, 3.63) is 29.1 Å². The Morgan fingerprint density at radius 1 is 1.28 bits per heavy atom. The minimum Gasteiger partial charge on any atom is -0.467 e. The molecule has 2 aliphatic heterocycles. The number of guanidine groups is 1. The second-order valence-electron chi connectivity index (χ2n) is 7.43. The standard InChI is InChI=1S/C21H33FN4O2.HI/c1-3-19-6-4-5-10-26(19)11-9-25-21(23-2)24-8-7-16-12-18(22)13-17-14-27-15-28-20(16)17;/h12-13,19H,3-11,14-15H2,1-2H3,(H2,23,24,25);1H. The second kappa shape index (κ2) is 12.5. The average molecular weight is 520 g/mol. The van der Waals surface area contributed by atoms with E-state index in [9.17, 15) is 4.39 Å². The molecule has 3 rings (SSSR count). The van der Waals surface area contributed by atoms with E-state index in [1.165, 1.54) is 38.3 Å². The molecule has 2 N–H and O–H groups in total. The summed E-state index contributed by atoms with van der Waals surface area (Å²) in [5, 5.41) is 6.71. The summed E-state index contributed by atoms with van der Waals surface area (Å²) >= 11 is 0. The van der Waals surface area contributed by atoms with Crippen LogP contribution in [0.15, 0.2) is 17.1 Å². The summed E-state index contributed by atoms with van der Waals surface area (Å²) in [6.07, 6.45) is 5.84. The maximum Gasteiger partial charge on any atom is 0.191 e. The predicted octanol–water partition coefficient (Wildman–Crippen LogP) is 3.28. The Balaban J connectivity index is 0.00000300. The minimum atomic E-state index is -0.252. The fourth-order valence-electron chi connectivity index (χ4n) is 4.11. The summed E-state index contributed by atoms with van der Waals surface area (Å²) in [5.74, 6) is 1.28. The Labute approximate surface area is 190 Å². The quantitative estimate of drug-likeness (QED) is 0.329. The maximum absolute atomic E-state index is 13.8. The highest BCUT2D eigenvalue weighted by molar-refractivity contribution is 14.0. The van der Waals surface area contributed by atoms with E-state index in [1.54, 1.807) is 13.1 Å². The minimum absolute atomic E-state index is 0. The molecule has 0 radical (unpaired) electrons. The zero-order valence-corrected chi connectivity index (χ0v) is 19.8. The van der Waals surface area contributed by atoms with Crippen molar-refractivity contribution in [1.82, 2.24) is 15.5 Å². The van der Waals surface area contributed by atoms with Gasteiger partial charge in [0, 0.05) is 38.3 Å². The summed E-state index contributed by atoms with van der Waals surface area (Å²) in [7, 11) is 1.77. The van der Waals surface area contributed by atoms with Crippen LogP contribution in [0.1, 0.15) is 43.7 Å². The Kier molecular flexibility index (Phi) is 10.4. The molecule has 2 heterocycles. The zero-order valence-electron chi connectivity index (χ0n) is 17.5. The number of ether oxygens (including phenoxy) is 2. The van der Waals surface area contributed by atoms with Crippen LogP contribution in [0, 0.1) is 5.82 Å². The lowest BCUT2D eigenvalue weighted by Gasteiger charge is -2.35. The third kappa shape index (κ3) is 6.96. The van der Waals surface area contributed by atoms with Gasteiger partial charge in [0.25, 0.3) is 0 Å². The van der Waals surface area contributed by atoms with Gasteiger partial charge in [0.05, 0.1) is 6.61 Å². The predicted molar refractivity (Wildman–Crippen MR) is 125 cm³/mol. The van der Waals surface area contributed by atoms with Gasteiger partial charge in [-0.1, -0.05) is 13.3 Å². The zero-order chi connectivity index (χ0) is 19.8. The summed E-state index contributed by atoms with van der Waals surface area (Å²) in [4.78, 5) is 6.88. The van der Waals surface area contributed by atoms with Crippen LogP contribution in [0.5, 0.6) is 5.75 Å². The molecule has 1 aromatic carbocycles. The van der Waals surface area contributed by atoms with Gasteiger partial charge in [0.15, 0.2) is 12.8 Å². The largest absolute Gasteiger partial charge is 0.467 e. The number of benzene rings is 1. The summed E-state index contributed by atoms with van der Waals surface area (Å²) < 4.78 is 24.7. The van der Waals surface area contributed by atoms with Crippen molar-refractivity contribution in [2.75, 3.05) is 40.0 Å². The molecule has 1 saturated heterocycles. The number of halogens is 2. The third-order valence-corrected chi connectivity index (χ3v) is 5.57. The summed E-state index contributed by atoms with van der Waals surface area (Å²) in [6.45, 7) is 6.64. The van der Waals surface area contributed by atoms with E-state index in [1.807, 2.05) is 0 Å². The molecule has 164 valence electrons. The van der Waals surface area contributed by atoms with Crippen molar-refractivity contribution >= 4 is 29.9 Å². The molecule has 8 heteroatoms. The lowest BCUT2D eigenvalue weighted by atomic mass is 10.0. The smallest absolute Gasteiger partial charge is 0.191 e. The van der Waals surface area contributed by atoms with E-state index in [-0.39, 0.29) is 36.6 Å². The molecule has 0 aliphatic carbocycles. The number of rotatable bonds is 7. The molecule has 2 aliphatic rings. The monoisotopic (exact) mass is 520 g/mol. The Morgan fingerprint density at radius 3 is 2.90 bits per heavy atom. The molecule has 1 aromatic rings. The Hall–Kier alpha value is -1.13. The van der Waals surface area contributed by atoms with E-state index in [2.05, 4.69) is 27.4 Å². The summed E-state index contributed by atoms with van der Waals surface area (Å²) in [6, 6.07) is 3.74. The molecule has 1 fully saturated rings. The van der Waals surface area contributed by atoms with Crippen LogP contribution in [0.2, 0.25) is 0 Å². The molecule has 29 heavy (non-hydrogen) atoms. The first-order valence-electron chi connectivity index (χ1n) is 10.4. The average Bonchev–Trinajstić information content (AvgIpc) is 2.72. The summed E-state index contributed by atoms with van der Waals surface area (Å²) in [5.41, 5.74) is 1.64. The van der Waals surface area contributed by atoms with E-state index in [0.29, 0.717) is 25.6 Å². The number of aliphatic imine (C=N–C) groups is 1. The van der Waals surface area contributed by atoms with E-state index in [4.69, 9.17) is 9.47 Å². The highest BCUT2D eigenvalue weighted by atomic mass is 127. The number of nitrogens with zero attached hydrogens (tertiary/aromatic N) is 2. The van der Waals surface area contributed by atoms with Crippen LogP contribution >= 0.6 is 24.0 Å². The normalized spacial score (nSPS) is 19.7. The SMILES string of the molecule is CCC1CCCCN1CCNC(=NC)NCCc1cc(F)cc2c1OCOC2.I. The number of piperidine rings is 1. The first-order chi connectivity index (χ1) is 13.7. The lowest BCUT2D eigenvalue weighted by Crippen LogP contribution is -2.46. The van der Waals surface area contributed by atoms with Crippen LogP contribution < -0.4 is 15.4 Å². The van der Waals surface area contributed by atoms with Gasteiger partial charge in [-0.3, -0.25) is 9.89 Å². The van der Waals surface area contributed by atoms with E-state index < -0.39 is 0 Å². The number of hydrogen-bond donors (Lipinski definition) is 2. The number of fused-ring (bicyclic) bond motifs is 1. The molecular weight excluding hydrogens is 486 g/mol. The highest BCUT2D eigenvalue weighted by Crippen LogP contribution is 2.29. The Bertz CT molecular complexity index is 674. The molecule has 0 saturated carbocycles. The van der Waals surface area contributed by atoms with Crippen molar-refractivity contribution in [3.8, 4) is 5.75 Å². The van der Waals surface area contributed by atoms with Crippen LogP contribution in [0.25, 0.3) is 0 Å². The van der Waals surface area contributed by atoms with Gasteiger partial charge in [-0.15, -0.1) is 24.0 Å². The molecule has 0 spiro atoms. The second-order valence-corrected chi connectivity index (χ2v) is 7.43. The van der Waals surface area contributed by atoms with Crippen LogP contribution in [0.3, 0.4) is 0 Å². The maximum atomic E-state index is 13.8. The van der Waals surface area contributed by atoms with Gasteiger partial charge < -0.3 is 20.1 Å². The number of hydrogen-bond acceptors (Lipinski definition) is 4. The van der Waals surface area contributed by atoms with Crippen LogP contribution in [-0.2, 0) is 17.8 Å². The fourth-order valence-corrected chi connectivity index (χ4v) is 4.11. The molecule has 6 nitrogen and oxygen atoms in total. The highest BCUT2D eigenvalue weighted by Gasteiger charge is 2.20.